The SMILES string of the molecule is COc1ccccc1CCNC(=O)c1ccnc(NCc2ccccc2Cl)n1. The molecule has 0 saturated carbocycles. The highest BCUT2D eigenvalue weighted by molar-refractivity contribution is 6.31. The van der Waals surface area contributed by atoms with Gasteiger partial charge in [0.25, 0.3) is 5.91 Å². The molecule has 0 saturated heterocycles. The van der Waals surface area contributed by atoms with Gasteiger partial charge in [0.05, 0.1) is 7.11 Å². The van der Waals surface area contributed by atoms with Gasteiger partial charge >= 0.3 is 0 Å². The second-order valence-electron chi connectivity index (χ2n) is 6.03. The Morgan fingerprint density at radius 3 is 2.61 bits per heavy atom. The van der Waals surface area contributed by atoms with Crippen LogP contribution in [-0.2, 0) is 13.0 Å². The molecule has 1 heterocycles. The molecule has 1 amide bonds. The van der Waals surface area contributed by atoms with Crippen LogP contribution in [0.25, 0.3) is 0 Å². The van der Waals surface area contributed by atoms with Gasteiger partial charge in [-0.3, -0.25) is 4.79 Å². The van der Waals surface area contributed by atoms with E-state index in [4.69, 9.17) is 16.3 Å². The molecule has 0 fully saturated rings. The molecule has 7 heteroatoms. The van der Waals surface area contributed by atoms with Gasteiger partial charge in [-0.15, -0.1) is 0 Å². The predicted octanol–water partition coefficient (Wildman–Crippen LogP) is 3.72. The van der Waals surface area contributed by atoms with Gasteiger partial charge in [-0.05, 0) is 35.7 Å². The number of carbonyl (C=O) groups excluding carboxylic acids is 1. The van der Waals surface area contributed by atoms with Crippen molar-refractivity contribution in [3.63, 3.8) is 0 Å². The van der Waals surface area contributed by atoms with Gasteiger partial charge in [-0.1, -0.05) is 48.0 Å². The molecule has 6 nitrogen and oxygen atoms in total. The maximum Gasteiger partial charge on any atom is 0.270 e. The van der Waals surface area contributed by atoms with Crippen molar-refractivity contribution in [1.82, 2.24) is 15.3 Å². The van der Waals surface area contributed by atoms with E-state index >= 15 is 0 Å². The molecule has 144 valence electrons. The summed E-state index contributed by atoms with van der Waals surface area (Å²) in [6.45, 7) is 0.949. The van der Waals surface area contributed by atoms with Crippen molar-refractivity contribution in [2.45, 2.75) is 13.0 Å². The second-order valence-corrected chi connectivity index (χ2v) is 6.44. The zero-order valence-electron chi connectivity index (χ0n) is 15.5. The van der Waals surface area contributed by atoms with Crippen LogP contribution >= 0.6 is 11.6 Å². The molecule has 0 aliphatic rings. The number of carbonyl (C=O) groups is 1. The molecule has 3 rings (SSSR count). The first-order chi connectivity index (χ1) is 13.7. The van der Waals surface area contributed by atoms with E-state index in [1.807, 2.05) is 48.5 Å². The monoisotopic (exact) mass is 396 g/mol. The summed E-state index contributed by atoms with van der Waals surface area (Å²) in [5, 5.41) is 6.63. The van der Waals surface area contributed by atoms with Crippen LogP contribution < -0.4 is 15.4 Å². The second kappa shape index (κ2) is 9.71. The summed E-state index contributed by atoms with van der Waals surface area (Å²) in [5.74, 6) is 0.931. The van der Waals surface area contributed by atoms with E-state index in [0.29, 0.717) is 36.2 Å². The minimum Gasteiger partial charge on any atom is -0.496 e. The quantitative estimate of drug-likeness (QED) is 0.606. The predicted molar refractivity (Wildman–Crippen MR) is 110 cm³/mol. The number of para-hydroxylation sites is 1. The summed E-state index contributed by atoms with van der Waals surface area (Å²) in [5.41, 5.74) is 2.27. The van der Waals surface area contributed by atoms with Crippen molar-refractivity contribution in [1.29, 1.82) is 0 Å². The third-order valence-corrected chi connectivity index (χ3v) is 4.52. The molecular weight excluding hydrogens is 376 g/mol. The first-order valence-corrected chi connectivity index (χ1v) is 9.25. The summed E-state index contributed by atoms with van der Waals surface area (Å²) in [4.78, 5) is 20.8. The van der Waals surface area contributed by atoms with Crippen molar-refractivity contribution in [3.05, 3.63) is 82.6 Å². The largest absolute Gasteiger partial charge is 0.496 e. The Labute approximate surface area is 168 Å². The standard InChI is InChI=1S/C21H21ClN4O2/c1-28-19-9-5-3-6-15(19)10-12-23-20(27)18-11-13-24-21(26-18)25-14-16-7-2-4-8-17(16)22/h2-9,11,13H,10,12,14H2,1H3,(H,23,27)(H,24,25,26). The van der Waals surface area contributed by atoms with Crippen LogP contribution in [0.3, 0.4) is 0 Å². The summed E-state index contributed by atoms with van der Waals surface area (Å²) < 4.78 is 5.32. The van der Waals surface area contributed by atoms with E-state index < -0.39 is 0 Å². The first-order valence-electron chi connectivity index (χ1n) is 8.88. The molecule has 3 aromatic rings. The number of aromatic nitrogens is 2. The smallest absolute Gasteiger partial charge is 0.270 e. The maximum atomic E-state index is 12.4. The van der Waals surface area contributed by atoms with Gasteiger partial charge in [-0.2, -0.15) is 0 Å². The molecule has 0 spiro atoms. The number of methoxy groups -OCH3 is 1. The third kappa shape index (κ3) is 5.20. The van der Waals surface area contributed by atoms with Crippen molar-refractivity contribution in [3.8, 4) is 5.75 Å². The Morgan fingerprint density at radius 2 is 1.82 bits per heavy atom. The summed E-state index contributed by atoms with van der Waals surface area (Å²) in [6, 6.07) is 16.9. The molecule has 0 aliphatic heterocycles. The van der Waals surface area contributed by atoms with Crippen molar-refractivity contribution >= 4 is 23.5 Å². The van der Waals surface area contributed by atoms with E-state index in [1.54, 1.807) is 19.4 Å². The average Bonchev–Trinajstić information content (AvgIpc) is 2.73. The molecule has 0 bridgehead atoms. The van der Waals surface area contributed by atoms with Crippen LogP contribution in [0, 0.1) is 0 Å². The number of nitrogens with zero attached hydrogens (tertiary/aromatic N) is 2. The molecule has 0 unspecified atom stereocenters. The van der Waals surface area contributed by atoms with Crippen molar-refractivity contribution in [2.24, 2.45) is 0 Å². The molecule has 0 radical (unpaired) electrons. The Balaban J connectivity index is 1.55. The zero-order valence-corrected chi connectivity index (χ0v) is 16.2. The van der Waals surface area contributed by atoms with Gasteiger partial charge in [-0.25, -0.2) is 9.97 Å². The third-order valence-electron chi connectivity index (χ3n) is 4.16. The van der Waals surface area contributed by atoms with Gasteiger partial charge in [0, 0.05) is 24.3 Å². The Bertz CT molecular complexity index is 949. The number of ether oxygens (including phenoxy) is 1. The number of hydrogen-bond acceptors (Lipinski definition) is 5. The Morgan fingerprint density at radius 1 is 1.07 bits per heavy atom. The number of anilines is 1. The maximum absolute atomic E-state index is 12.4. The number of amides is 1. The Kier molecular flexibility index (Phi) is 6.81. The molecule has 28 heavy (non-hydrogen) atoms. The molecule has 2 N–H and O–H groups in total. The topological polar surface area (TPSA) is 76.1 Å². The number of benzene rings is 2. The lowest BCUT2D eigenvalue weighted by Gasteiger charge is -2.10. The van der Waals surface area contributed by atoms with Crippen LogP contribution in [-0.4, -0.2) is 29.5 Å². The van der Waals surface area contributed by atoms with Gasteiger partial charge in [0.2, 0.25) is 5.95 Å². The van der Waals surface area contributed by atoms with Gasteiger partial charge in [0.15, 0.2) is 0 Å². The van der Waals surface area contributed by atoms with Gasteiger partial charge in [0.1, 0.15) is 11.4 Å². The summed E-state index contributed by atoms with van der Waals surface area (Å²) in [6.07, 6.45) is 2.22. The van der Waals surface area contributed by atoms with E-state index in [2.05, 4.69) is 20.6 Å². The lowest BCUT2D eigenvalue weighted by Crippen LogP contribution is -2.27. The average molecular weight is 397 g/mol. The minimum atomic E-state index is -0.252. The fourth-order valence-corrected chi connectivity index (χ4v) is 2.90. The Hall–Kier alpha value is -3.12. The van der Waals surface area contributed by atoms with E-state index in [-0.39, 0.29) is 5.91 Å². The minimum absolute atomic E-state index is 0.252. The number of halogens is 1. The van der Waals surface area contributed by atoms with Crippen LogP contribution in [0.4, 0.5) is 5.95 Å². The van der Waals surface area contributed by atoms with Crippen molar-refractivity contribution < 1.29 is 9.53 Å². The number of hydrogen-bond donors (Lipinski definition) is 2. The van der Waals surface area contributed by atoms with Crippen molar-refractivity contribution in [2.75, 3.05) is 19.0 Å². The van der Waals surface area contributed by atoms with Gasteiger partial charge < -0.3 is 15.4 Å². The van der Waals surface area contributed by atoms with Crippen LogP contribution in [0.5, 0.6) is 5.75 Å². The number of rotatable bonds is 8. The lowest BCUT2D eigenvalue weighted by atomic mass is 10.1. The highest BCUT2D eigenvalue weighted by Gasteiger charge is 2.09. The van der Waals surface area contributed by atoms with E-state index in [0.717, 1.165) is 16.9 Å². The zero-order chi connectivity index (χ0) is 19.8. The first kappa shape index (κ1) is 19.6. The molecule has 0 atom stereocenters. The summed E-state index contributed by atoms with van der Waals surface area (Å²) >= 11 is 6.15. The normalized spacial score (nSPS) is 10.4. The van der Waals surface area contributed by atoms with Crippen LogP contribution in [0.2, 0.25) is 5.02 Å². The van der Waals surface area contributed by atoms with E-state index in [1.165, 1.54) is 0 Å². The fourth-order valence-electron chi connectivity index (χ4n) is 2.70. The highest BCUT2D eigenvalue weighted by atomic mass is 35.5. The molecule has 1 aromatic heterocycles. The highest BCUT2D eigenvalue weighted by Crippen LogP contribution is 2.17. The lowest BCUT2D eigenvalue weighted by molar-refractivity contribution is 0.0949. The molecule has 2 aromatic carbocycles. The van der Waals surface area contributed by atoms with Crippen LogP contribution in [0.1, 0.15) is 21.6 Å². The fraction of sp³-hybridized carbons (Fsp3) is 0.190. The molecule has 0 aliphatic carbocycles. The van der Waals surface area contributed by atoms with Crippen LogP contribution in [0.15, 0.2) is 60.8 Å². The molecular formula is C21H21ClN4O2. The van der Waals surface area contributed by atoms with E-state index in [9.17, 15) is 4.79 Å². The summed E-state index contributed by atoms with van der Waals surface area (Å²) in [7, 11) is 1.63. The number of nitrogens with one attached hydrogen (secondary N) is 2.